The number of nitrogens with zero attached hydrogens (tertiary/aromatic N) is 4. The van der Waals surface area contributed by atoms with Crippen molar-refractivity contribution in [1.29, 1.82) is 0 Å². The summed E-state index contributed by atoms with van der Waals surface area (Å²) in [6.45, 7) is 3.95. The summed E-state index contributed by atoms with van der Waals surface area (Å²) in [7, 11) is 0. The van der Waals surface area contributed by atoms with Gasteiger partial charge in [-0.1, -0.05) is 17.7 Å². The fourth-order valence-corrected chi connectivity index (χ4v) is 3.71. The number of nitrogens with one attached hydrogen (secondary N) is 1. The molecule has 126 valence electrons. The van der Waals surface area contributed by atoms with Gasteiger partial charge >= 0.3 is 6.03 Å². The van der Waals surface area contributed by atoms with Crippen molar-refractivity contribution in [2.45, 2.75) is 45.3 Å². The second-order valence-corrected chi connectivity index (χ2v) is 6.96. The van der Waals surface area contributed by atoms with E-state index in [1.54, 1.807) is 0 Å². The Hall–Kier alpha value is -2.08. The fourth-order valence-electron chi connectivity index (χ4n) is 3.51. The number of amides is 2. The quantitative estimate of drug-likeness (QED) is 0.862. The molecular formula is C17H20ClN5O. The summed E-state index contributed by atoms with van der Waals surface area (Å²) in [4.78, 5) is 18.9. The second-order valence-electron chi connectivity index (χ2n) is 6.53. The zero-order valence-corrected chi connectivity index (χ0v) is 14.4. The summed E-state index contributed by atoms with van der Waals surface area (Å²) in [6, 6.07) is 6.01. The van der Waals surface area contributed by atoms with Crippen LogP contribution in [-0.2, 0) is 25.9 Å². The zero-order valence-electron chi connectivity index (χ0n) is 13.6. The Bertz CT molecular complexity index is 787. The predicted molar refractivity (Wildman–Crippen MR) is 91.0 cm³/mol. The molecule has 0 aliphatic carbocycles. The van der Waals surface area contributed by atoms with Gasteiger partial charge in [0.15, 0.2) is 0 Å². The Morgan fingerprint density at radius 2 is 2.21 bits per heavy atom. The first kappa shape index (κ1) is 15.4. The lowest BCUT2D eigenvalue weighted by atomic mass is 10.00. The summed E-state index contributed by atoms with van der Waals surface area (Å²) in [5.41, 5.74) is 2.42. The first-order chi connectivity index (χ1) is 11.6. The van der Waals surface area contributed by atoms with Crippen molar-refractivity contribution >= 4 is 17.6 Å². The number of hydrogen-bond donors (Lipinski definition) is 1. The summed E-state index contributed by atoms with van der Waals surface area (Å²) < 4.78 is 1.91. The van der Waals surface area contributed by atoms with Gasteiger partial charge in [0.1, 0.15) is 11.6 Å². The van der Waals surface area contributed by atoms with Gasteiger partial charge in [0.2, 0.25) is 0 Å². The molecule has 1 aromatic heterocycles. The first-order valence-electron chi connectivity index (χ1n) is 8.31. The van der Waals surface area contributed by atoms with Gasteiger partial charge in [-0.15, -0.1) is 0 Å². The van der Waals surface area contributed by atoms with Crippen molar-refractivity contribution in [2.75, 3.05) is 6.54 Å². The average Bonchev–Trinajstić information content (AvgIpc) is 2.93. The molecule has 0 spiro atoms. The number of hydrogen-bond acceptors (Lipinski definition) is 3. The molecule has 24 heavy (non-hydrogen) atoms. The molecule has 7 heteroatoms. The van der Waals surface area contributed by atoms with Gasteiger partial charge in [-0.3, -0.25) is 0 Å². The molecule has 4 rings (SSSR count). The number of carbonyl (C=O) groups excluding carboxylic acids is 1. The maximum Gasteiger partial charge on any atom is 0.317 e. The number of fused-ring (bicyclic) bond motifs is 2. The molecule has 0 radical (unpaired) electrons. The number of aromatic nitrogens is 3. The van der Waals surface area contributed by atoms with Crippen LogP contribution >= 0.6 is 11.6 Å². The molecule has 0 saturated heterocycles. The van der Waals surface area contributed by atoms with Crippen LogP contribution in [0.2, 0.25) is 5.02 Å². The van der Waals surface area contributed by atoms with E-state index in [1.165, 1.54) is 11.1 Å². The molecule has 1 N–H and O–H groups in total. The van der Waals surface area contributed by atoms with Crippen LogP contribution in [0.15, 0.2) is 18.2 Å². The lowest BCUT2D eigenvalue weighted by Crippen LogP contribution is -2.49. The number of urea groups is 1. The van der Waals surface area contributed by atoms with Crippen molar-refractivity contribution in [3.8, 4) is 0 Å². The first-order valence-corrected chi connectivity index (χ1v) is 8.69. The van der Waals surface area contributed by atoms with Crippen molar-refractivity contribution in [1.82, 2.24) is 25.0 Å². The molecule has 3 heterocycles. The van der Waals surface area contributed by atoms with Gasteiger partial charge in [0.05, 0.1) is 12.6 Å². The second kappa shape index (κ2) is 6.09. The highest BCUT2D eigenvalue weighted by Gasteiger charge is 2.26. The van der Waals surface area contributed by atoms with Crippen molar-refractivity contribution in [3.63, 3.8) is 0 Å². The monoisotopic (exact) mass is 345 g/mol. The summed E-state index contributed by atoms with van der Waals surface area (Å²) in [5.74, 6) is 1.81. The number of halogens is 1. The Morgan fingerprint density at radius 3 is 3.08 bits per heavy atom. The topological polar surface area (TPSA) is 63.1 Å². The lowest BCUT2D eigenvalue weighted by Gasteiger charge is -2.32. The number of aryl methyl sites for hydroxylation is 2. The van der Waals surface area contributed by atoms with E-state index >= 15 is 0 Å². The van der Waals surface area contributed by atoms with Crippen LogP contribution in [0.1, 0.15) is 29.2 Å². The van der Waals surface area contributed by atoms with E-state index in [0.29, 0.717) is 13.1 Å². The minimum Gasteiger partial charge on any atom is -0.333 e. The van der Waals surface area contributed by atoms with Gasteiger partial charge in [0, 0.05) is 24.5 Å². The summed E-state index contributed by atoms with van der Waals surface area (Å²) >= 11 is 6.04. The van der Waals surface area contributed by atoms with Crippen LogP contribution < -0.4 is 5.32 Å². The van der Waals surface area contributed by atoms with E-state index < -0.39 is 0 Å². The van der Waals surface area contributed by atoms with E-state index in [1.807, 2.05) is 34.7 Å². The van der Waals surface area contributed by atoms with Crippen LogP contribution in [0.5, 0.6) is 0 Å². The number of rotatable bonds is 1. The molecule has 2 aliphatic rings. The highest BCUT2D eigenvalue weighted by Crippen LogP contribution is 2.23. The fraction of sp³-hybridized carbons (Fsp3) is 0.471. The molecule has 1 unspecified atom stereocenters. The lowest BCUT2D eigenvalue weighted by molar-refractivity contribution is 0.184. The highest BCUT2D eigenvalue weighted by molar-refractivity contribution is 6.30. The predicted octanol–water partition coefficient (Wildman–Crippen LogP) is 2.32. The third-order valence-electron chi connectivity index (χ3n) is 4.76. The molecule has 6 nitrogen and oxygen atoms in total. The number of benzene rings is 1. The molecule has 2 aliphatic heterocycles. The summed E-state index contributed by atoms with van der Waals surface area (Å²) in [6.07, 6.45) is 2.61. The zero-order chi connectivity index (χ0) is 16.7. The van der Waals surface area contributed by atoms with Crippen LogP contribution in [0.3, 0.4) is 0 Å². The van der Waals surface area contributed by atoms with Gasteiger partial charge in [-0.25, -0.2) is 14.5 Å². The molecule has 0 bridgehead atoms. The van der Waals surface area contributed by atoms with Crippen LogP contribution in [0.25, 0.3) is 0 Å². The maximum absolute atomic E-state index is 12.6. The third kappa shape index (κ3) is 2.98. The van der Waals surface area contributed by atoms with Gasteiger partial charge in [-0.05, 0) is 43.0 Å². The van der Waals surface area contributed by atoms with E-state index in [-0.39, 0.29) is 12.1 Å². The van der Waals surface area contributed by atoms with Crippen LogP contribution in [0, 0.1) is 6.92 Å². The van der Waals surface area contributed by atoms with Crippen molar-refractivity contribution < 1.29 is 4.79 Å². The van der Waals surface area contributed by atoms with E-state index in [4.69, 9.17) is 11.6 Å². The van der Waals surface area contributed by atoms with E-state index in [2.05, 4.69) is 15.4 Å². The normalized spacial score (nSPS) is 19.6. The molecule has 1 aromatic carbocycles. The van der Waals surface area contributed by atoms with Crippen LogP contribution in [0.4, 0.5) is 4.79 Å². The van der Waals surface area contributed by atoms with Crippen LogP contribution in [-0.4, -0.2) is 38.3 Å². The number of carbonyl (C=O) groups is 1. The molecule has 2 amide bonds. The summed E-state index contributed by atoms with van der Waals surface area (Å²) in [5, 5.41) is 8.30. The molecule has 0 fully saturated rings. The van der Waals surface area contributed by atoms with Gasteiger partial charge in [-0.2, -0.15) is 5.10 Å². The molecule has 2 aromatic rings. The minimum atomic E-state index is 0.000822. The van der Waals surface area contributed by atoms with Gasteiger partial charge in [0.25, 0.3) is 0 Å². The Morgan fingerprint density at radius 1 is 1.33 bits per heavy atom. The highest BCUT2D eigenvalue weighted by atomic mass is 35.5. The van der Waals surface area contributed by atoms with Gasteiger partial charge < -0.3 is 10.2 Å². The average molecular weight is 346 g/mol. The SMILES string of the molecule is Cc1nc2n(n1)CC(NC(=O)N1CCc3cc(Cl)ccc3C1)CC2. The van der Waals surface area contributed by atoms with E-state index in [9.17, 15) is 4.79 Å². The third-order valence-corrected chi connectivity index (χ3v) is 4.99. The Balaban J connectivity index is 1.40. The standard InChI is InChI=1S/C17H20ClN5O/c1-11-19-16-5-4-15(10-23(16)21-11)20-17(24)22-7-6-12-8-14(18)3-2-13(12)9-22/h2-3,8,15H,4-7,9-10H2,1H3,(H,20,24). The smallest absolute Gasteiger partial charge is 0.317 e. The Labute approximate surface area is 145 Å². The minimum absolute atomic E-state index is 0.000822. The van der Waals surface area contributed by atoms with Crippen molar-refractivity contribution in [3.05, 3.63) is 46.0 Å². The Kier molecular flexibility index (Phi) is 3.92. The molecular weight excluding hydrogens is 326 g/mol. The van der Waals surface area contributed by atoms with Crippen molar-refractivity contribution in [2.24, 2.45) is 0 Å². The largest absolute Gasteiger partial charge is 0.333 e. The van der Waals surface area contributed by atoms with E-state index in [0.717, 1.165) is 42.5 Å². The molecule has 1 atom stereocenters. The molecule has 0 saturated carbocycles. The maximum atomic E-state index is 12.6.